The molecular formula is C14H18N2O. The fraction of sp³-hybridized carbons (Fsp3) is 0.357. The fourth-order valence-electron chi connectivity index (χ4n) is 1.74. The molecule has 3 heteroatoms. The zero-order chi connectivity index (χ0) is 12.3. The normalized spacial score (nSPS) is 11.1. The van der Waals surface area contributed by atoms with Crippen LogP contribution in [0.4, 0.5) is 0 Å². The summed E-state index contributed by atoms with van der Waals surface area (Å²) < 4.78 is 5.31. The van der Waals surface area contributed by atoms with Crippen LogP contribution < -0.4 is 5.32 Å². The van der Waals surface area contributed by atoms with Crippen LogP contribution in [-0.2, 0) is 6.54 Å². The number of nitrogens with zero attached hydrogens (tertiary/aromatic N) is 1. The Bertz CT molecular complexity index is 471. The molecule has 1 aromatic carbocycles. The molecule has 3 nitrogen and oxygen atoms in total. The van der Waals surface area contributed by atoms with Crippen molar-refractivity contribution >= 4 is 0 Å². The smallest absolute Gasteiger partial charge is 0.167 e. The van der Waals surface area contributed by atoms with E-state index in [0.717, 1.165) is 23.6 Å². The molecule has 17 heavy (non-hydrogen) atoms. The largest absolute Gasteiger partial charge is 0.356 e. The van der Waals surface area contributed by atoms with Crippen LogP contribution >= 0.6 is 0 Å². The average molecular weight is 230 g/mol. The van der Waals surface area contributed by atoms with Crippen molar-refractivity contribution in [2.24, 2.45) is 0 Å². The van der Waals surface area contributed by atoms with E-state index in [1.807, 2.05) is 13.1 Å². The fourth-order valence-corrected chi connectivity index (χ4v) is 1.74. The summed E-state index contributed by atoms with van der Waals surface area (Å²) in [5.41, 5.74) is 3.34. The van der Waals surface area contributed by atoms with Crippen molar-refractivity contribution in [3.63, 3.8) is 0 Å². The maximum Gasteiger partial charge on any atom is 0.167 e. The molecule has 0 unspecified atom stereocenters. The first-order valence-electron chi connectivity index (χ1n) is 5.91. The Morgan fingerprint density at radius 2 is 1.94 bits per heavy atom. The SMILES string of the molecule is CNCc1cc(-c2ccc(C(C)C)cc2)on1. The van der Waals surface area contributed by atoms with Gasteiger partial charge in [-0.15, -0.1) is 0 Å². The molecule has 0 saturated heterocycles. The zero-order valence-electron chi connectivity index (χ0n) is 10.5. The van der Waals surface area contributed by atoms with Gasteiger partial charge < -0.3 is 9.84 Å². The van der Waals surface area contributed by atoms with E-state index in [4.69, 9.17) is 4.52 Å². The molecule has 1 N–H and O–H groups in total. The molecule has 0 bridgehead atoms. The van der Waals surface area contributed by atoms with Crippen LogP contribution in [0.3, 0.4) is 0 Å². The van der Waals surface area contributed by atoms with E-state index in [1.54, 1.807) is 0 Å². The van der Waals surface area contributed by atoms with Crippen molar-refractivity contribution in [3.8, 4) is 11.3 Å². The summed E-state index contributed by atoms with van der Waals surface area (Å²) in [6.07, 6.45) is 0. The van der Waals surface area contributed by atoms with Crippen molar-refractivity contribution < 1.29 is 4.52 Å². The van der Waals surface area contributed by atoms with Crippen LogP contribution in [0.25, 0.3) is 11.3 Å². The maximum atomic E-state index is 5.31. The van der Waals surface area contributed by atoms with Gasteiger partial charge in [0.25, 0.3) is 0 Å². The predicted molar refractivity (Wildman–Crippen MR) is 68.8 cm³/mol. The second-order valence-corrected chi connectivity index (χ2v) is 4.49. The molecule has 0 aliphatic heterocycles. The van der Waals surface area contributed by atoms with E-state index in [0.29, 0.717) is 5.92 Å². The van der Waals surface area contributed by atoms with E-state index >= 15 is 0 Å². The van der Waals surface area contributed by atoms with Crippen LogP contribution in [0.15, 0.2) is 34.9 Å². The van der Waals surface area contributed by atoms with Gasteiger partial charge in [-0.05, 0) is 18.5 Å². The van der Waals surface area contributed by atoms with Gasteiger partial charge in [0.1, 0.15) is 0 Å². The van der Waals surface area contributed by atoms with E-state index in [1.165, 1.54) is 5.56 Å². The van der Waals surface area contributed by atoms with Crippen molar-refractivity contribution in [1.82, 2.24) is 10.5 Å². The number of hydrogen-bond acceptors (Lipinski definition) is 3. The quantitative estimate of drug-likeness (QED) is 0.876. The van der Waals surface area contributed by atoms with Crippen LogP contribution in [-0.4, -0.2) is 12.2 Å². The third-order valence-corrected chi connectivity index (χ3v) is 2.78. The zero-order valence-corrected chi connectivity index (χ0v) is 10.5. The molecule has 0 aliphatic carbocycles. The van der Waals surface area contributed by atoms with Gasteiger partial charge in [-0.1, -0.05) is 43.3 Å². The van der Waals surface area contributed by atoms with Crippen molar-refractivity contribution in [2.75, 3.05) is 7.05 Å². The Hall–Kier alpha value is -1.61. The van der Waals surface area contributed by atoms with Gasteiger partial charge in [0.15, 0.2) is 5.76 Å². The lowest BCUT2D eigenvalue weighted by Crippen LogP contribution is -2.04. The topological polar surface area (TPSA) is 38.1 Å². The number of hydrogen-bond donors (Lipinski definition) is 1. The molecule has 0 radical (unpaired) electrons. The van der Waals surface area contributed by atoms with Crippen molar-refractivity contribution in [2.45, 2.75) is 26.3 Å². The Morgan fingerprint density at radius 3 is 2.53 bits per heavy atom. The molecule has 0 spiro atoms. The Labute approximate surface area is 102 Å². The molecule has 2 rings (SSSR count). The summed E-state index contributed by atoms with van der Waals surface area (Å²) in [6.45, 7) is 5.11. The van der Waals surface area contributed by atoms with E-state index in [-0.39, 0.29) is 0 Å². The summed E-state index contributed by atoms with van der Waals surface area (Å²) in [6, 6.07) is 10.4. The van der Waals surface area contributed by atoms with Crippen LogP contribution in [0.1, 0.15) is 31.0 Å². The van der Waals surface area contributed by atoms with E-state index in [9.17, 15) is 0 Å². The number of rotatable bonds is 4. The Kier molecular flexibility index (Phi) is 3.59. The molecule has 90 valence electrons. The maximum absolute atomic E-state index is 5.31. The minimum atomic E-state index is 0.554. The van der Waals surface area contributed by atoms with Crippen LogP contribution in [0.5, 0.6) is 0 Å². The third kappa shape index (κ3) is 2.74. The predicted octanol–water partition coefficient (Wildman–Crippen LogP) is 3.18. The lowest BCUT2D eigenvalue weighted by Gasteiger charge is -2.04. The van der Waals surface area contributed by atoms with Crippen molar-refractivity contribution in [3.05, 3.63) is 41.6 Å². The first kappa shape index (κ1) is 11.9. The Balaban J connectivity index is 2.21. The standard InChI is InChI=1S/C14H18N2O/c1-10(2)11-4-6-12(7-5-11)14-8-13(9-15-3)16-17-14/h4-8,10,15H,9H2,1-3H3. The summed E-state index contributed by atoms with van der Waals surface area (Å²) >= 11 is 0. The summed E-state index contributed by atoms with van der Waals surface area (Å²) in [7, 11) is 1.89. The monoisotopic (exact) mass is 230 g/mol. The highest BCUT2D eigenvalue weighted by atomic mass is 16.5. The first-order valence-corrected chi connectivity index (χ1v) is 5.91. The molecule has 0 atom stereocenters. The molecule has 0 amide bonds. The van der Waals surface area contributed by atoms with Crippen LogP contribution in [0, 0.1) is 0 Å². The summed E-state index contributed by atoms with van der Waals surface area (Å²) in [4.78, 5) is 0. The van der Waals surface area contributed by atoms with Gasteiger partial charge in [-0.3, -0.25) is 0 Å². The molecule has 0 saturated carbocycles. The molecular weight excluding hydrogens is 212 g/mol. The molecule has 0 aliphatic rings. The highest BCUT2D eigenvalue weighted by molar-refractivity contribution is 5.57. The van der Waals surface area contributed by atoms with Gasteiger partial charge >= 0.3 is 0 Å². The molecule has 0 fully saturated rings. The second-order valence-electron chi connectivity index (χ2n) is 4.49. The van der Waals surface area contributed by atoms with Gasteiger partial charge in [-0.25, -0.2) is 0 Å². The third-order valence-electron chi connectivity index (χ3n) is 2.78. The second kappa shape index (κ2) is 5.15. The van der Waals surface area contributed by atoms with E-state index in [2.05, 4.69) is 48.6 Å². The minimum Gasteiger partial charge on any atom is -0.356 e. The van der Waals surface area contributed by atoms with Gasteiger partial charge in [-0.2, -0.15) is 0 Å². The first-order chi connectivity index (χ1) is 8.20. The lowest BCUT2D eigenvalue weighted by atomic mass is 10.0. The van der Waals surface area contributed by atoms with Gasteiger partial charge in [0, 0.05) is 18.2 Å². The molecule has 2 aromatic rings. The average Bonchev–Trinajstić information content (AvgIpc) is 2.78. The summed E-state index contributed by atoms with van der Waals surface area (Å²) in [5.74, 6) is 1.38. The van der Waals surface area contributed by atoms with Crippen molar-refractivity contribution in [1.29, 1.82) is 0 Å². The van der Waals surface area contributed by atoms with Gasteiger partial charge in [0.05, 0.1) is 5.69 Å². The molecule has 1 aromatic heterocycles. The highest BCUT2D eigenvalue weighted by Gasteiger charge is 2.06. The van der Waals surface area contributed by atoms with Crippen LogP contribution in [0.2, 0.25) is 0 Å². The number of nitrogens with one attached hydrogen (secondary N) is 1. The van der Waals surface area contributed by atoms with Gasteiger partial charge in [0.2, 0.25) is 0 Å². The summed E-state index contributed by atoms with van der Waals surface area (Å²) in [5, 5.41) is 7.05. The minimum absolute atomic E-state index is 0.554. The highest BCUT2D eigenvalue weighted by Crippen LogP contribution is 2.23. The number of benzene rings is 1. The lowest BCUT2D eigenvalue weighted by molar-refractivity contribution is 0.421. The van der Waals surface area contributed by atoms with E-state index < -0.39 is 0 Å². The molecule has 1 heterocycles. The Morgan fingerprint density at radius 1 is 1.24 bits per heavy atom. The number of aromatic nitrogens is 1.